The summed E-state index contributed by atoms with van der Waals surface area (Å²) in [7, 11) is 1.88. The van der Waals surface area contributed by atoms with Gasteiger partial charge in [-0.25, -0.2) is 4.39 Å². The standard InChI is InChI=1S/C16H25FN2/c1-11-8-9-12(2)19(10-11)15-7-5-6-14(17)16(15)13(3)18-4/h5-7,11-13,18H,8-10H2,1-4H3. The van der Waals surface area contributed by atoms with Gasteiger partial charge in [0.15, 0.2) is 0 Å². The Labute approximate surface area is 116 Å². The van der Waals surface area contributed by atoms with Crippen LogP contribution >= 0.6 is 0 Å². The van der Waals surface area contributed by atoms with E-state index in [1.54, 1.807) is 6.07 Å². The zero-order valence-corrected chi connectivity index (χ0v) is 12.4. The van der Waals surface area contributed by atoms with E-state index in [2.05, 4.69) is 30.1 Å². The Morgan fingerprint density at radius 2 is 2.05 bits per heavy atom. The first kappa shape index (κ1) is 14.3. The van der Waals surface area contributed by atoms with Gasteiger partial charge in [-0.2, -0.15) is 0 Å². The Bertz CT molecular complexity index is 433. The molecule has 2 nitrogen and oxygen atoms in total. The summed E-state index contributed by atoms with van der Waals surface area (Å²) in [6, 6.07) is 5.95. The van der Waals surface area contributed by atoms with Crippen LogP contribution in [-0.4, -0.2) is 19.6 Å². The lowest BCUT2D eigenvalue weighted by Gasteiger charge is -2.40. The van der Waals surface area contributed by atoms with E-state index in [0.29, 0.717) is 12.0 Å². The molecule has 1 aliphatic heterocycles. The van der Waals surface area contributed by atoms with E-state index in [9.17, 15) is 4.39 Å². The molecule has 1 heterocycles. The average molecular weight is 264 g/mol. The summed E-state index contributed by atoms with van der Waals surface area (Å²) < 4.78 is 14.2. The predicted molar refractivity (Wildman–Crippen MR) is 79.1 cm³/mol. The monoisotopic (exact) mass is 264 g/mol. The van der Waals surface area contributed by atoms with Crippen LogP contribution in [0.4, 0.5) is 10.1 Å². The Balaban J connectivity index is 2.40. The number of hydrogen-bond acceptors (Lipinski definition) is 2. The van der Waals surface area contributed by atoms with Gasteiger partial charge in [-0.15, -0.1) is 0 Å². The molecule has 3 unspecified atom stereocenters. The molecule has 2 rings (SSSR count). The molecule has 3 atom stereocenters. The van der Waals surface area contributed by atoms with Crippen molar-refractivity contribution in [1.82, 2.24) is 5.32 Å². The van der Waals surface area contributed by atoms with Crippen molar-refractivity contribution in [1.29, 1.82) is 0 Å². The molecule has 106 valence electrons. The van der Waals surface area contributed by atoms with Crippen LogP contribution in [0.5, 0.6) is 0 Å². The van der Waals surface area contributed by atoms with Gasteiger partial charge in [0.05, 0.1) is 0 Å². The van der Waals surface area contributed by atoms with Crippen molar-refractivity contribution in [3.8, 4) is 0 Å². The summed E-state index contributed by atoms with van der Waals surface area (Å²) in [5.74, 6) is 0.571. The molecular formula is C16H25FN2. The molecule has 1 aliphatic rings. The highest BCUT2D eigenvalue weighted by atomic mass is 19.1. The first-order chi connectivity index (χ1) is 9.04. The van der Waals surface area contributed by atoms with E-state index < -0.39 is 0 Å². The van der Waals surface area contributed by atoms with Gasteiger partial charge in [0.25, 0.3) is 0 Å². The lowest BCUT2D eigenvalue weighted by Crippen LogP contribution is -2.42. The third-order valence-corrected chi connectivity index (χ3v) is 4.32. The summed E-state index contributed by atoms with van der Waals surface area (Å²) in [6.07, 6.45) is 2.45. The molecule has 1 aromatic carbocycles. The minimum Gasteiger partial charge on any atom is -0.368 e. The maximum Gasteiger partial charge on any atom is 0.130 e. The van der Waals surface area contributed by atoms with Gasteiger partial charge in [0, 0.05) is 29.9 Å². The Morgan fingerprint density at radius 1 is 1.32 bits per heavy atom. The maximum absolute atomic E-state index is 14.2. The normalized spacial score (nSPS) is 25.4. The summed E-state index contributed by atoms with van der Waals surface area (Å²) in [5.41, 5.74) is 1.85. The summed E-state index contributed by atoms with van der Waals surface area (Å²) >= 11 is 0. The fourth-order valence-corrected chi connectivity index (χ4v) is 2.97. The van der Waals surface area contributed by atoms with Crippen molar-refractivity contribution in [2.75, 3.05) is 18.5 Å². The summed E-state index contributed by atoms with van der Waals surface area (Å²) in [5, 5.41) is 3.16. The first-order valence-electron chi connectivity index (χ1n) is 7.27. The highest BCUT2D eigenvalue weighted by Gasteiger charge is 2.26. The van der Waals surface area contributed by atoms with Gasteiger partial charge in [0.2, 0.25) is 0 Å². The average Bonchev–Trinajstić information content (AvgIpc) is 2.40. The van der Waals surface area contributed by atoms with Gasteiger partial charge in [-0.05, 0) is 51.8 Å². The Hall–Kier alpha value is -1.09. The van der Waals surface area contributed by atoms with Crippen molar-refractivity contribution in [2.45, 2.75) is 45.7 Å². The second-order valence-corrected chi connectivity index (χ2v) is 5.87. The minimum absolute atomic E-state index is 0.0284. The fraction of sp³-hybridized carbons (Fsp3) is 0.625. The van der Waals surface area contributed by atoms with E-state index >= 15 is 0 Å². The SMILES string of the molecule is CNC(C)c1c(F)cccc1N1CC(C)CCC1C. The molecular weight excluding hydrogens is 239 g/mol. The summed E-state index contributed by atoms with van der Waals surface area (Å²) in [6.45, 7) is 7.55. The predicted octanol–water partition coefficient (Wildman–Crippen LogP) is 3.73. The van der Waals surface area contributed by atoms with Gasteiger partial charge >= 0.3 is 0 Å². The van der Waals surface area contributed by atoms with Gasteiger partial charge in [0.1, 0.15) is 5.82 Å². The van der Waals surface area contributed by atoms with Gasteiger partial charge in [-0.1, -0.05) is 13.0 Å². The van der Waals surface area contributed by atoms with Crippen molar-refractivity contribution in [2.24, 2.45) is 5.92 Å². The van der Waals surface area contributed by atoms with Crippen molar-refractivity contribution in [3.63, 3.8) is 0 Å². The number of piperidine rings is 1. The van der Waals surface area contributed by atoms with Crippen molar-refractivity contribution >= 4 is 5.69 Å². The summed E-state index contributed by atoms with van der Waals surface area (Å²) in [4.78, 5) is 2.38. The molecule has 1 saturated heterocycles. The van der Waals surface area contributed by atoms with Crippen LogP contribution in [0, 0.1) is 11.7 Å². The number of hydrogen-bond donors (Lipinski definition) is 1. The molecule has 0 spiro atoms. The molecule has 1 N–H and O–H groups in total. The number of nitrogens with one attached hydrogen (secondary N) is 1. The second kappa shape index (κ2) is 5.91. The third-order valence-electron chi connectivity index (χ3n) is 4.32. The van der Waals surface area contributed by atoms with E-state index in [-0.39, 0.29) is 11.9 Å². The first-order valence-corrected chi connectivity index (χ1v) is 7.27. The number of halogens is 1. The van der Waals surface area contributed by atoms with Crippen LogP contribution in [0.2, 0.25) is 0 Å². The van der Waals surface area contributed by atoms with E-state index in [1.165, 1.54) is 12.8 Å². The van der Waals surface area contributed by atoms with Crippen LogP contribution in [0.3, 0.4) is 0 Å². The highest BCUT2D eigenvalue weighted by molar-refractivity contribution is 5.56. The van der Waals surface area contributed by atoms with Crippen LogP contribution in [0.25, 0.3) is 0 Å². The number of anilines is 1. The van der Waals surface area contributed by atoms with Crippen molar-refractivity contribution in [3.05, 3.63) is 29.6 Å². The molecule has 0 saturated carbocycles. The molecule has 19 heavy (non-hydrogen) atoms. The topological polar surface area (TPSA) is 15.3 Å². The smallest absolute Gasteiger partial charge is 0.130 e. The fourth-order valence-electron chi connectivity index (χ4n) is 2.97. The van der Waals surface area contributed by atoms with Gasteiger partial charge < -0.3 is 10.2 Å². The highest BCUT2D eigenvalue weighted by Crippen LogP contribution is 2.34. The molecule has 1 aromatic rings. The van der Waals surface area contributed by atoms with Crippen LogP contribution in [0.15, 0.2) is 18.2 Å². The lowest BCUT2D eigenvalue weighted by molar-refractivity contribution is 0.388. The molecule has 0 radical (unpaired) electrons. The minimum atomic E-state index is -0.107. The third kappa shape index (κ3) is 2.92. The van der Waals surface area contributed by atoms with Crippen LogP contribution in [-0.2, 0) is 0 Å². The molecule has 1 fully saturated rings. The number of benzene rings is 1. The number of nitrogens with zero attached hydrogens (tertiary/aromatic N) is 1. The molecule has 0 aliphatic carbocycles. The molecule has 3 heteroatoms. The number of rotatable bonds is 3. The van der Waals surface area contributed by atoms with Crippen molar-refractivity contribution < 1.29 is 4.39 Å². The van der Waals surface area contributed by atoms with Crippen LogP contribution < -0.4 is 10.2 Å². The van der Waals surface area contributed by atoms with E-state index in [0.717, 1.165) is 17.8 Å². The largest absolute Gasteiger partial charge is 0.368 e. The zero-order chi connectivity index (χ0) is 14.0. The van der Waals surface area contributed by atoms with E-state index in [4.69, 9.17) is 0 Å². The maximum atomic E-state index is 14.2. The quantitative estimate of drug-likeness (QED) is 0.895. The van der Waals surface area contributed by atoms with E-state index in [1.807, 2.05) is 20.0 Å². The lowest BCUT2D eigenvalue weighted by atomic mass is 9.93. The van der Waals surface area contributed by atoms with Gasteiger partial charge in [-0.3, -0.25) is 0 Å². The van der Waals surface area contributed by atoms with Crippen LogP contribution in [0.1, 0.15) is 45.2 Å². The zero-order valence-electron chi connectivity index (χ0n) is 12.4. The Kier molecular flexibility index (Phi) is 4.46. The molecule has 0 amide bonds. The Morgan fingerprint density at radius 3 is 2.74 bits per heavy atom. The molecule has 0 bridgehead atoms. The second-order valence-electron chi connectivity index (χ2n) is 5.87. The molecule has 0 aromatic heterocycles.